The maximum Gasteiger partial charge on any atom is 0.335 e. The van der Waals surface area contributed by atoms with Crippen LogP contribution in [0.15, 0.2) is 23.1 Å². The Balaban J connectivity index is 2.46. The van der Waals surface area contributed by atoms with Gasteiger partial charge in [0.25, 0.3) is 0 Å². The number of carbonyl (C=O) groups is 1. The van der Waals surface area contributed by atoms with E-state index in [4.69, 9.17) is 5.11 Å². The highest BCUT2D eigenvalue weighted by molar-refractivity contribution is 7.89. The number of nitrogens with one attached hydrogen (secondary N) is 2. The number of carboxylic acid groups (broad SMARTS) is 1. The van der Waals surface area contributed by atoms with E-state index in [2.05, 4.69) is 10.0 Å². The standard InChI is InChI=1S/C14H20N2O4S/c1-14(2,3)16-21(19,20)12-8-9(13(17)18)4-7-11(12)15-10-5-6-10/h4,7-8,10,15-16H,5-6H2,1-3H3,(H,17,18). The van der Waals surface area contributed by atoms with Crippen LogP contribution in [0.3, 0.4) is 0 Å². The Morgan fingerprint density at radius 1 is 1.29 bits per heavy atom. The predicted octanol–water partition coefficient (Wildman–Crippen LogP) is 2.04. The fourth-order valence-electron chi connectivity index (χ4n) is 1.90. The maximum absolute atomic E-state index is 12.5. The van der Waals surface area contributed by atoms with E-state index in [1.807, 2.05) is 0 Å². The van der Waals surface area contributed by atoms with Crippen LogP contribution in [-0.4, -0.2) is 31.1 Å². The summed E-state index contributed by atoms with van der Waals surface area (Å²) in [6.45, 7) is 5.21. The highest BCUT2D eigenvalue weighted by atomic mass is 32.2. The van der Waals surface area contributed by atoms with Crippen LogP contribution in [0.2, 0.25) is 0 Å². The third-order valence-electron chi connectivity index (χ3n) is 2.90. The number of anilines is 1. The molecular formula is C14H20N2O4S. The van der Waals surface area contributed by atoms with Gasteiger partial charge in [0.1, 0.15) is 4.90 Å². The second-order valence-electron chi connectivity index (χ2n) is 6.29. The number of benzene rings is 1. The quantitative estimate of drug-likeness (QED) is 0.773. The Morgan fingerprint density at radius 2 is 1.90 bits per heavy atom. The lowest BCUT2D eigenvalue weighted by Gasteiger charge is -2.22. The lowest BCUT2D eigenvalue weighted by atomic mass is 10.1. The van der Waals surface area contributed by atoms with Crippen molar-refractivity contribution < 1.29 is 18.3 Å². The Morgan fingerprint density at radius 3 is 2.38 bits per heavy atom. The van der Waals surface area contributed by atoms with Gasteiger partial charge in [-0.3, -0.25) is 0 Å². The first-order valence-corrected chi connectivity index (χ1v) is 8.25. The largest absolute Gasteiger partial charge is 0.478 e. The summed E-state index contributed by atoms with van der Waals surface area (Å²) in [4.78, 5) is 11.1. The Labute approximate surface area is 124 Å². The number of hydrogen-bond donors (Lipinski definition) is 3. The summed E-state index contributed by atoms with van der Waals surface area (Å²) >= 11 is 0. The summed E-state index contributed by atoms with van der Waals surface area (Å²) < 4.78 is 27.6. The molecule has 116 valence electrons. The first kappa shape index (κ1) is 15.8. The van der Waals surface area contributed by atoms with Crippen LogP contribution in [0.25, 0.3) is 0 Å². The number of sulfonamides is 1. The fourth-order valence-corrected chi connectivity index (χ4v) is 3.52. The number of carboxylic acids is 1. The molecule has 0 bridgehead atoms. The normalized spacial score (nSPS) is 15.8. The molecule has 2 rings (SSSR count). The second-order valence-corrected chi connectivity index (χ2v) is 7.94. The van der Waals surface area contributed by atoms with Gasteiger partial charge in [-0.25, -0.2) is 17.9 Å². The van der Waals surface area contributed by atoms with Gasteiger partial charge in [-0.1, -0.05) is 0 Å². The molecule has 3 N–H and O–H groups in total. The van der Waals surface area contributed by atoms with E-state index in [-0.39, 0.29) is 16.5 Å². The molecule has 1 aromatic rings. The van der Waals surface area contributed by atoms with Crippen LogP contribution in [0.4, 0.5) is 5.69 Å². The molecule has 0 unspecified atom stereocenters. The third-order valence-corrected chi connectivity index (χ3v) is 4.69. The minimum Gasteiger partial charge on any atom is -0.478 e. The summed E-state index contributed by atoms with van der Waals surface area (Å²) in [5.74, 6) is -1.15. The molecule has 1 fully saturated rings. The molecule has 0 saturated heterocycles. The van der Waals surface area contributed by atoms with E-state index in [9.17, 15) is 13.2 Å². The fraction of sp³-hybridized carbons (Fsp3) is 0.500. The van der Waals surface area contributed by atoms with Crippen molar-refractivity contribution in [2.24, 2.45) is 0 Å². The predicted molar refractivity (Wildman–Crippen MR) is 80.1 cm³/mol. The summed E-state index contributed by atoms with van der Waals surface area (Å²) in [5, 5.41) is 12.2. The molecule has 0 atom stereocenters. The van der Waals surface area contributed by atoms with Crippen molar-refractivity contribution in [1.82, 2.24) is 4.72 Å². The first-order chi connectivity index (χ1) is 9.58. The lowest BCUT2D eigenvalue weighted by Crippen LogP contribution is -2.40. The Kier molecular flexibility index (Phi) is 3.99. The minimum absolute atomic E-state index is 0.0239. The highest BCUT2D eigenvalue weighted by Gasteiger charge is 2.28. The maximum atomic E-state index is 12.5. The molecule has 1 aliphatic rings. The van der Waals surface area contributed by atoms with Gasteiger partial charge in [0.2, 0.25) is 10.0 Å². The lowest BCUT2D eigenvalue weighted by molar-refractivity contribution is 0.0696. The van der Waals surface area contributed by atoms with Crippen molar-refractivity contribution in [3.05, 3.63) is 23.8 Å². The molecule has 0 spiro atoms. The molecule has 1 saturated carbocycles. The molecular weight excluding hydrogens is 292 g/mol. The van der Waals surface area contributed by atoms with E-state index < -0.39 is 21.5 Å². The van der Waals surface area contributed by atoms with E-state index in [1.165, 1.54) is 18.2 Å². The van der Waals surface area contributed by atoms with Crippen LogP contribution < -0.4 is 10.0 Å². The van der Waals surface area contributed by atoms with Gasteiger partial charge in [-0.05, 0) is 51.8 Å². The molecule has 0 aromatic heterocycles. The average molecular weight is 312 g/mol. The number of hydrogen-bond acceptors (Lipinski definition) is 4. The molecule has 21 heavy (non-hydrogen) atoms. The SMILES string of the molecule is CC(C)(C)NS(=O)(=O)c1cc(C(=O)O)ccc1NC1CC1. The summed E-state index contributed by atoms with van der Waals surface area (Å²) in [5.41, 5.74) is -0.251. The highest BCUT2D eigenvalue weighted by Crippen LogP contribution is 2.30. The summed E-state index contributed by atoms with van der Waals surface area (Å²) in [6, 6.07) is 4.38. The zero-order valence-corrected chi connectivity index (χ0v) is 13.1. The molecule has 0 radical (unpaired) electrons. The molecule has 0 heterocycles. The van der Waals surface area contributed by atoms with Crippen molar-refractivity contribution in [2.75, 3.05) is 5.32 Å². The van der Waals surface area contributed by atoms with Gasteiger partial charge in [0.05, 0.1) is 11.3 Å². The molecule has 7 heteroatoms. The van der Waals surface area contributed by atoms with E-state index in [0.29, 0.717) is 5.69 Å². The average Bonchev–Trinajstić information content (AvgIpc) is 3.09. The van der Waals surface area contributed by atoms with Crippen LogP contribution in [0, 0.1) is 0 Å². The van der Waals surface area contributed by atoms with Crippen molar-refractivity contribution in [3.8, 4) is 0 Å². The minimum atomic E-state index is -3.80. The summed E-state index contributed by atoms with van der Waals surface area (Å²) in [7, 11) is -3.80. The van der Waals surface area contributed by atoms with Crippen molar-refractivity contribution >= 4 is 21.7 Å². The number of aromatic carboxylic acids is 1. The van der Waals surface area contributed by atoms with Gasteiger partial charge >= 0.3 is 5.97 Å². The number of rotatable bonds is 5. The van der Waals surface area contributed by atoms with Crippen molar-refractivity contribution in [3.63, 3.8) is 0 Å². The zero-order valence-electron chi connectivity index (χ0n) is 12.3. The van der Waals surface area contributed by atoms with Crippen LogP contribution in [0.5, 0.6) is 0 Å². The second kappa shape index (κ2) is 5.31. The first-order valence-electron chi connectivity index (χ1n) is 6.76. The summed E-state index contributed by atoms with van der Waals surface area (Å²) in [6.07, 6.45) is 1.99. The van der Waals surface area contributed by atoms with Gasteiger partial charge in [0.15, 0.2) is 0 Å². The smallest absolute Gasteiger partial charge is 0.335 e. The Hall–Kier alpha value is -1.60. The zero-order chi connectivity index (χ0) is 15.8. The van der Waals surface area contributed by atoms with E-state index in [1.54, 1.807) is 20.8 Å². The van der Waals surface area contributed by atoms with E-state index >= 15 is 0 Å². The van der Waals surface area contributed by atoms with Gasteiger partial charge in [-0.15, -0.1) is 0 Å². The molecule has 0 aliphatic heterocycles. The molecule has 6 nitrogen and oxygen atoms in total. The monoisotopic (exact) mass is 312 g/mol. The van der Waals surface area contributed by atoms with Crippen LogP contribution >= 0.6 is 0 Å². The molecule has 1 aromatic carbocycles. The third kappa shape index (κ3) is 4.18. The van der Waals surface area contributed by atoms with Gasteiger partial charge in [0, 0.05) is 11.6 Å². The van der Waals surface area contributed by atoms with Crippen molar-refractivity contribution in [1.29, 1.82) is 0 Å². The van der Waals surface area contributed by atoms with Crippen LogP contribution in [0.1, 0.15) is 44.0 Å². The Bertz CT molecular complexity index is 658. The van der Waals surface area contributed by atoms with Crippen LogP contribution in [-0.2, 0) is 10.0 Å². The molecule has 1 aliphatic carbocycles. The topological polar surface area (TPSA) is 95.5 Å². The van der Waals surface area contributed by atoms with E-state index in [0.717, 1.165) is 12.8 Å². The molecule has 0 amide bonds. The van der Waals surface area contributed by atoms with Gasteiger partial charge < -0.3 is 10.4 Å². The van der Waals surface area contributed by atoms with Gasteiger partial charge in [-0.2, -0.15) is 0 Å². The van der Waals surface area contributed by atoms with Crippen molar-refractivity contribution in [2.45, 2.75) is 50.1 Å².